The molecule has 0 unspecified atom stereocenters. The van der Waals surface area contributed by atoms with Gasteiger partial charge >= 0.3 is 12.0 Å². The van der Waals surface area contributed by atoms with Crippen LogP contribution in [0.4, 0.5) is 0 Å². The van der Waals surface area contributed by atoms with E-state index in [0.717, 1.165) is 13.3 Å². The van der Waals surface area contributed by atoms with Gasteiger partial charge in [0.15, 0.2) is 0 Å². The predicted octanol–water partition coefficient (Wildman–Crippen LogP) is 1.25. The second kappa shape index (κ2) is 7.97. The van der Waals surface area contributed by atoms with E-state index in [2.05, 4.69) is 9.97 Å². The first kappa shape index (κ1) is 19.4. The van der Waals surface area contributed by atoms with E-state index in [1.54, 1.807) is 12.1 Å². The maximum atomic E-state index is 12.3. The fraction of sp³-hybridized carbons (Fsp3) is 0.267. The Labute approximate surface area is 150 Å². The number of hydrogen-bond donors (Lipinski definition) is 0. The van der Waals surface area contributed by atoms with Crippen LogP contribution in [0.1, 0.15) is 10.4 Å². The third-order valence-corrected chi connectivity index (χ3v) is 4.07. The van der Waals surface area contributed by atoms with Crippen LogP contribution in [0, 0.1) is 0 Å². The van der Waals surface area contributed by atoms with E-state index in [1.807, 2.05) is 0 Å². The molecule has 1 aromatic carbocycles. The Morgan fingerprint density at radius 1 is 1.08 bits per heavy atom. The van der Waals surface area contributed by atoms with Crippen molar-refractivity contribution in [3.63, 3.8) is 0 Å². The van der Waals surface area contributed by atoms with Crippen molar-refractivity contribution in [3.05, 3.63) is 35.9 Å². The van der Waals surface area contributed by atoms with Crippen molar-refractivity contribution in [1.82, 2.24) is 14.4 Å². The number of hydrogen-bond acceptors (Lipinski definition) is 9. The summed E-state index contributed by atoms with van der Waals surface area (Å²) in [4.78, 5) is 25.1. The summed E-state index contributed by atoms with van der Waals surface area (Å²) >= 11 is 0. The van der Waals surface area contributed by atoms with Gasteiger partial charge in [-0.1, -0.05) is 12.1 Å². The number of para-hydroxylation sites is 1. The highest BCUT2D eigenvalue weighted by molar-refractivity contribution is 7.88. The van der Waals surface area contributed by atoms with E-state index in [0.29, 0.717) is 4.47 Å². The molecule has 1 aromatic heterocycles. The van der Waals surface area contributed by atoms with Crippen LogP contribution in [0.3, 0.4) is 0 Å². The Morgan fingerprint density at radius 3 is 2.19 bits per heavy atom. The number of rotatable bonds is 7. The van der Waals surface area contributed by atoms with E-state index in [1.165, 1.54) is 32.4 Å². The van der Waals surface area contributed by atoms with Crippen LogP contribution in [-0.4, -0.2) is 56.3 Å². The van der Waals surface area contributed by atoms with Gasteiger partial charge in [-0.3, -0.25) is 0 Å². The average Bonchev–Trinajstić information content (AvgIpc) is 2.60. The molecule has 0 amide bonds. The molecule has 0 radical (unpaired) electrons. The van der Waals surface area contributed by atoms with Gasteiger partial charge in [0, 0.05) is 7.05 Å². The molecule has 140 valence electrons. The van der Waals surface area contributed by atoms with E-state index < -0.39 is 16.0 Å². The first-order valence-electron chi connectivity index (χ1n) is 7.14. The standard InChI is InChI=1S/C15H17N3O7S/c1-18(26(4,20)21)25-14(19)10-7-5-6-8-11(10)24-15-16-12(22-2)9-13(17-15)23-3/h5-9H,1-4H3. The first-order valence-corrected chi connectivity index (χ1v) is 8.99. The van der Waals surface area contributed by atoms with Crippen molar-refractivity contribution in [2.24, 2.45) is 0 Å². The summed E-state index contributed by atoms with van der Waals surface area (Å²) in [6.07, 6.45) is 0.902. The summed E-state index contributed by atoms with van der Waals surface area (Å²) in [5, 5.41) is 0. The minimum Gasteiger partial charge on any atom is -0.481 e. The third-order valence-electron chi connectivity index (χ3n) is 3.06. The number of nitrogens with zero attached hydrogens (tertiary/aromatic N) is 3. The molecular weight excluding hydrogens is 366 g/mol. The van der Waals surface area contributed by atoms with Gasteiger partial charge in [-0.25, -0.2) is 13.2 Å². The number of sulfonamides is 1. The van der Waals surface area contributed by atoms with Crippen LogP contribution < -0.4 is 14.2 Å². The van der Waals surface area contributed by atoms with Crippen molar-refractivity contribution in [2.75, 3.05) is 27.5 Å². The minimum atomic E-state index is -3.70. The summed E-state index contributed by atoms with van der Waals surface area (Å²) in [5.41, 5.74) is -0.0200. The van der Waals surface area contributed by atoms with Crippen LogP contribution in [0.2, 0.25) is 0 Å². The molecular formula is C15H17N3O7S. The topological polar surface area (TPSA) is 117 Å². The maximum absolute atomic E-state index is 12.3. The van der Waals surface area contributed by atoms with Crippen LogP contribution >= 0.6 is 0 Å². The maximum Gasteiger partial charge on any atom is 0.361 e. The van der Waals surface area contributed by atoms with Gasteiger partial charge < -0.3 is 19.0 Å². The number of benzene rings is 1. The average molecular weight is 383 g/mol. The summed E-state index contributed by atoms with van der Waals surface area (Å²) < 4.78 is 38.8. The number of ether oxygens (including phenoxy) is 3. The number of aromatic nitrogens is 2. The van der Waals surface area contributed by atoms with Crippen molar-refractivity contribution >= 4 is 16.0 Å². The summed E-state index contributed by atoms with van der Waals surface area (Å²) in [7, 11) is 0.229. The Hall–Kier alpha value is -2.92. The number of methoxy groups -OCH3 is 2. The number of carbonyl (C=O) groups excluding carboxylic acids is 1. The molecule has 2 aromatic rings. The largest absolute Gasteiger partial charge is 0.481 e. The predicted molar refractivity (Wildman–Crippen MR) is 89.7 cm³/mol. The molecule has 0 aliphatic heterocycles. The quantitative estimate of drug-likeness (QED) is 0.651. The van der Waals surface area contributed by atoms with Gasteiger partial charge in [-0.05, 0) is 16.6 Å². The fourth-order valence-corrected chi connectivity index (χ4v) is 1.90. The molecule has 0 spiro atoms. The highest BCUT2D eigenvalue weighted by atomic mass is 32.2. The van der Waals surface area contributed by atoms with Gasteiger partial charge in [-0.15, -0.1) is 0 Å². The molecule has 0 bridgehead atoms. The second-order valence-electron chi connectivity index (χ2n) is 4.88. The van der Waals surface area contributed by atoms with Crippen molar-refractivity contribution in [1.29, 1.82) is 0 Å². The van der Waals surface area contributed by atoms with E-state index in [4.69, 9.17) is 19.0 Å². The van der Waals surface area contributed by atoms with Gasteiger partial charge in [0.1, 0.15) is 11.3 Å². The molecule has 0 N–H and O–H groups in total. The summed E-state index contributed by atoms with van der Waals surface area (Å²) in [6, 6.07) is 7.39. The zero-order chi connectivity index (χ0) is 19.3. The minimum absolute atomic E-state index is 0.0200. The Morgan fingerprint density at radius 2 is 1.65 bits per heavy atom. The van der Waals surface area contributed by atoms with Crippen LogP contribution in [-0.2, 0) is 14.9 Å². The molecule has 26 heavy (non-hydrogen) atoms. The van der Waals surface area contributed by atoms with Gasteiger partial charge in [0.2, 0.25) is 21.8 Å². The lowest BCUT2D eigenvalue weighted by Gasteiger charge is -2.15. The fourth-order valence-electron chi connectivity index (χ4n) is 1.69. The van der Waals surface area contributed by atoms with E-state index >= 15 is 0 Å². The van der Waals surface area contributed by atoms with E-state index in [9.17, 15) is 13.2 Å². The normalized spacial score (nSPS) is 11.1. The zero-order valence-electron chi connectivity index (χ0n) is 14.5. The molecule has 2 rings (SSSR count). The highest BCUT2D eigenvalue weighted by Gasteiger charge is 2.21. The summed E-state index contributed by atoms with van der Waals surface area (Å²) in [6.45, 7) is 0. The molecule has 0 saturated carbocycles. The first-order chi connectivity index (χ1) is 12.2. The molecule has 0 fully saturated rings. The second-order valence-corrected chi connectivity index (χ2v) is 6.87. The molecule has 1 heterocycles. The van der Waals surface area contributed by atoms with Gasteiger partial charge in [-0.2, -0.15) is 9.97 Å². The Balaban J connectivity index is 2.31. The third kappa shape index (κ3) is 4.80. The Bertz CT molecular complexity index is 880. The molecule has 11 heteroatoms. The lowest BCUT2D eigenvalue weighted by molar-refractivity contribution is -0.0293. The van der Waals surface area contributed by atoms with Gasteiger partial charge in [0.25, 0.3) is 0 Å². The smallest absolute Gasteiger partial charge is 0.361 e. The van der Waals surface area contributed by atoms with Crippen LogP contribution in [0.25, 0.3) is 0 Å². The van der Waals surface area contributed by atoms with Crippen molar-refractivity contribution in [3.8, 4) is 23.5 Å². The Kier molecular flexibility index (Phi) is 5.95. The molecule has 0 atom stereocenters. The zero-order valence-corrected chi connectivity index (χ0v) is 15.3. The van der Waals surface area contributed by atoms with E-state index in [-0.39, 0.29) is 29.1 Å². The summed E-state index contributed by atoms with van der Waals surface area (Å²) in [5.74, 6) is -0.467. The number of carbonyl (C=O) groups is 1. The molecule has 10 nitrogen and oxygen atoms in total. The van der Waals surface area contributed by atoms with Crippen LogP contribution in [0.5, 0.6) is 23.5 Å². The van der Waals surface area contributed by atoms with Crippen LogP contribution in [0.15, 0.2) is 30.3 Å². The molecule has 0 aliphatic rings. The number of hydroxylamine groups is 1. The monoisotopic (exact) mass is 383 g/mol. The molecule has 0 aliphatic carbocycles. The lowest BCUT2D eigenvalue weighted by atomic mass is 10.2. The van der Waals surface area contributed by atoms with Crippen molar-refractivity contribution < 1.29 is 32.3 Å². The SMILES string of the molecule is COc1cc(OC)nc(Oc2ccccc2C(=O)ON(C)S(C)(=O)=O)n1. The molecule has 0 saturated heterocycles. The highest BCUT2D eigenvalue weighted by Crippen LogP contribution is 2.27. The van der Waals surface area contributed by atoms with Crippen molar-refractivity contribution in [2.45, 2.75) is 0 Å². The van der Waals surface area contributed by atoms with Gasteiger partial charge in [0.05, 0.1) is 26.5 Å². The lowest BCUT2D eigenvalue weighted by Crippen LogP contribution is -2.29.